The van der Waals surface area contributed by atoms with Crippen molar-refractivity contribution in [2.45, 2.75) is 17.2 Å². The second-order valence-corrected chi connectivity index (χ2v) is 7.85. The van der Waals surface area contributed by atoms with E-state index in [2.05, 4.69) is 0 Å². The van der Waals surface area contributed by atoms with Gasteiger partial charge in [0.2, 0.25) is 16.8 Å². The topological polar surface area (TPSA) is 55.8 Å². The minimum atomic E-state index is -3.60. The first-order valence-corrected chi connectivity index (χ1v) is 9.13. The molecule has 24 heavy (non-hydrogen) atoms. The van der Waals surface area contributed by atoms with Crippen molar-refractivity contribution in [2.75, 3.05) is 19.9 Å². The Labute approximate surface area is 139 Å². The lowest BCUT2D eigenvalue weighted by Crippen LogP contribution is -2.28. The van der Waals surface area contributed by atoms with E-state index in [0.717, 1.165) is 24.1 Å². The zero-order chi connectivity index (χ0) is 16.7. The number of hydrogen-bond donors (Lipinski definition) is 0. The Hall–Kier alpha value is -2.12. The van der Waals surface area contributed by atoms with Gasteiger partial charge in [-0.1, -0.05) is 6.07 Å². The summed E-state index contributed by atoms with van der Waals surface area (Å²) in [6.07, 6.45) is 0.736. The summed E-state index contributed by atoms with van der Waals surface area (Å²) >= 11 is 0. The molecule has 2 aromatic carbocycles. The normalized spacial score (nSPS) is 20.5. The molecule has 1 atom stereocenters. The third kappa shape index (κ3) is 2.63. The SMILES string of the molecule is O=S(=O)(c1ccc(F)cc1)N1CCC(c2ccc3c(c2)OCO3)C1. The van der Waals surface area contributed by atoms with Gasteiger partial charge < -0.3 is 9.47 Å². The van der Waals surface area contributed by atoms with Crippen LogP contribution in [0.15, 0.2) is 47.4 Å². The van der Waals surface area contributed by atoms with Gasteiger partial charge in [-0.2, -0.15) is 4.31 Å². The molecule has 0 saturated carbocycles. The highest BCUT2D eigenvalue weighted by Gasteiger charge is 2.33. The maximum absolute atomic E-state index is 13.0. The van der Waals surface area contributed by atoms with Gasteiger partial charge in [-0.3, -0.25) is 0 Å². The predicted octanol–water partition coefficient (Wildman–Crippen LogP) is 2.73. The second-order valence-electron chi connectivity index (χ2n) is 5.92. The zero-order valence-electron chi connectivity index (χ0n) is 12.8. The summed E-state index contributed by atoms with van der Waals surface area (Å²) in [7, 11) is -3.60. The second kappa shape index (κ2) is 5.75. The average molecular weight is 349 g/mol. The molecular weight excluding hydrogens is 333 g/mol. The molecule has 0 bridgehead atoms. The molecule has 0 aromatic heterocycles. The van der Waals surface area contributed by atoms with Crippen molar-refractivity contribution in [3.63, 3.8) is 0 Å². The number of rotatable bonds is 3. The maximum atomic E-state index is 13.0. The van der Waals surface area contributed by atoms with Crippen molar-refractivity contribution >= 4 is 10.0 Å². The summed E-state index contributed by atoms with van der Waals surface area (Å²) in [5.41, 5.74) is 1.04. The summed E-state index contributed by atoms with van der Waals surface area (Å²) in [5, 5.41) is 0. The molecule has 0 N–H and O–H groups in total. The molecule has 7 heteroatoms. The zero-order valence-corrected chi connectivity index (χ0v) is 13.6. The Morgan fingerprint density at radius 3 is 2.58 bits per heavy atom. The van der Waals surface area contributed by atoms with Crippen LogP contribution >= 0.6 is 0 Å². The first-order chi connectivity index (χ1) is 11.5. The lowest BCUT2D eigenvalue weighted by molar-refractivity contribution is 0.174. The van der Waals surface area contributed by atoms with E-state index in [-0.39, 0.29) is 17.6 Å². The van der Waals surface area contributed by atoms with Crippen molar-refractivity contribution in [2.24, 2.45) is 0 Å². The number of halogens is 1. The van der Waals surface area contributed by atoms with Crippen LogP contribution in [0.25, 0.3) is 0 Å². The molecule has 1 fully saturated rings. The van der Waals surface area contributed by atoms with Gasteiger partial charge in [0.05, 0.1) is 4.90 Å². The van der Waals surface area contributed by atoms with Gasteiger partial charge >= 0.3 is 0 Å². The molecule has 2 aliphatic heterocycles. The van der Waals surface area contributed by atoms with Crippen LogP contribution in [-0.4, -0.2) is 32.6 Å². The largest absolute Gasteiger partial charge is 0.454 e. The van der Waals surface area contributed by atoms with E-state index in [9.17, 15) is 12.8 Å². The van der Waals surface area contributed by atoms with Crippen LogP contribution in [0.1, 0.15) is 17.9 Å². The van der Waals surface area contributed by atoms with Crippen LogP contribution in [0.5, 0.6) is 11.5 Å². The molecule has 1 unspecified atom stereocenters. The number of nitrogens with zero attached hydrogens (tertiary/aromatic N) is 1. The van der Waals surface area contributed by atoms with Crippen LogP contribution in [0, 0.1) is 5.82 Å². The van der Waals surface area contributed by atoms with Gasteiger partial charge in [-0.15, -0.1) is 0 Å². The van der Waals surface area contributed by atoms with E-state index in [0.29, 0.717) is 24.6 Å². The van der Waals surface area contributed by atoms with Gasteiger partial charge in [0.25, 0.3) is 0 Å². The Bertz CT molecular complexity index is 867. The molecule has 126 valence electrons. The van der Waals surface area contributed by atoms with E-state index < -0.39 is 15.8 Å². The smallest absolute Gasteiger partial charge is 0.243 e. The fourth-order valence-corrected chi connectivity index (χ4v) is 4.64. The quantitative estimate of drug-likeness (QED) is 0.855. The molecule has 2 aliphatic rings. The predicted molar refractivity (Wildman–Crippen MR) is 85.1 cm³/mol. The van der Waals surface area contributed by atoms with Crippen LogP contribution < -0.4 is 9.47 Å². The molecular formula is C17H16FNO4S. The number of hydrogen-bond acceptors (Lipinski definition) is 4. The minimum Gasteiger partial charge on any atom is -0.454 e. The molecule has 5 nitrogen and oxygen atoms in total. The number of fused-ring (bicyclic) bond motifs is 1. The fraction of sp³-hybridized carbons (Fsp3) is 0.294. The Morgan fingerprint density at radius 1 is 1.04 bits per heavy atom. The number of benzene rings is 2. The lowest BCUT2D eigenvalue weighted by Gasteiger charge is -2.17. The first kappa shape index (κ1) is 15.4. The van der Waals surface area contributed by atoms with Gasteiger partial charge in [0.15, 0.2) is 11.5 Å². The Kier molecular flexibility index (Phi) is 3.69. The van der Waals surface area contributed by atoms with Gasteiger partial charge in [0, 0.05) is 13.1 Å². The third-order valence-electron chi connectivity index (χ3n) is 4.47. The van der Waals surface area contributed by atoms with E-state index in [1.807, 2.05) is 18.2 Å². The Balaban J connectivity index is 1.55. The Morgan fingerprint density at radius 2 is 1.79 bits per heavy atom. The van der Waals surface area contributed by atoms with Crippen molar-refractivity contribution in [1.29, 1.82) is 0 Å². The summed E-state index contributed by atoms with van der Waals surface area (Å²) < 4.78 is 50.5. The van der Waals surface area contributed by atoms with Gasteiger partial charge in [0.1, 0.15) is 5.82 Å². The summed E-state index contributed by atoms with van der Waals surface area (Å²) in [4.78, 5) is 0.121. The maximum Gasteiger partial charge on any atom is 0.243 e. The molecule has 0 radical (unpaired) electrons. The van der Waals surface area contributed by atoms with Crippen molar-refractivity contribution in [3.05, 3.63) is 53.8 Å². The van der Waals surface area contributed by atoms with Crippen molar-refractivity contribution in [3.8, 4) is 11.5 Å². The van der Waals surface area contributed by atoms with Gasteiger partial charge in [-0.25, -0.2) is 12.8 Å². The summed E-state index contributed by atoms with van der Waals surface area (Å²) in [5.74, 6) is 1.07. The van der Waals surface area contributed by atoms with Crippen LogP contribution in [0.4, 0.5) is 4.39 Å². The molecule has 2 heterocycles. The molecule has 0 spiro atoms. The van der Waals surface area contributed by atoms with Crippen LogP contribution in [0.3, 0.4) is 0 Å². The minimum absolute atomic E-state index is 0.106. The van der Waals surface area contributed by atoms with Gasteiger partial charge in [-0.05, 0) is 54.3 Å². The van der Waals surface area contributed by atoms with Crippen molar-refractivity contribution in [1.82, 2.24) is 4.31 Å². The summed E-state index contributed by atoms with van der Waals surface area (Å²) in [6, 6.07) is 10.7. The lowest BCUT2D eigenvalue weighted by atomic mass is 9.98. The average Bonchev–Trinajstić information content (AvgIpc) is 3.24. The molecule has 2 aromatic rings. The monoisotopic (exact) mass is 349 g/mol. The highest BCUT2D eigenvalue weighted by atomic mass is 32.2. The highest BCUT2D eigenvalue weighted by molar-refractivity contribution is 7.89. The van der Waals surface area contributed by atoms with E-state index >= 15 is 0 Å². The molecule has 4 rings (SSSR count). The standard InChI is InChI=1S/C17H16FNO4S/c18-14-2-4-15(5-3-14)24(20,21)19-8-7-13(10-19)12-1-6-16-17(9-12)23-11-22-16/h1-6,9,13H,7-8,10-11H2. The first-order valence-electron chi connectivity index (χ1n) is 7.69. The van der Waals surface area contributed by atoms with Crippen molar-refractivity contribution < 1.29 is 22.3 Å². The van der Waals surface area contributed by atoms with E-state index in [1.54, 1.807) is 0 Å². The summed E-state index contributed by atoms with van der Waals surface area (Å²) in [6.45, 7) is 1.06. The molecule has 1 saturated heterocycles. The molecule has 0 aliphatic carbocycles. The highest BCUT2D eigenvalue weighted by Crippen LogP contribution is 2.38. The molecule has 0 amide bonds. The number of ether oxygens (including phenoxy) is 2. The van der Waals surface area contributed by atoms with Crippen LogP contribution in [-0.2, 0) is 10.0 Å². The third-order valence-corrected chi connectivity index (χ3v) is 6.35. The fourth-order valence-electron chi connectivity index (χ4n) is 3.14. The van der Waals surface area contributed by atoms with E-state index in [1.165, 1.54) is 16.4 Å². The van der Waals surface area contributed by atoms with Crippen LogP contribution in [0.2, 0.25) is 0 Å². The van der Waals surface area contributed by atoms with E-state index in [4.69, 9.17) is 9.47 Å². The number of sulfonamides is 1.